The molecule has 3 rings (SSSR count). The van der Waals surface area contributed by atoms with Crippen LogP contribution >= 0.6 is 15.9 Å². The van der Waals surface area contributed by atoms with Crippen molar-refractivity contribution < 1.29 is 14.4 Å². The fraction of sp³-hybridized carbons (Fsp3) is 0.150. The van der Waals surface area contributed by atoms with Crippen LogP contribution in [0.2, 0.25) is 0 Å². The standard InChI is InChI=1S/C20H17BrN2O3/c1-3-10-23-19(25)16-9-6-14(11-17(16)20(23)26)18(24)22-12(2)13-4-7-15(21)8-5-13/h3-9,11-12H,1,10H2,2H3,(H,22,24)/t12-/m1/s1. The molecule has 132 valence electrons. The number of amides is 3. The predicted molar refractivity (Wildman–Crippen MR) is 102 cm³/mol. The molecule has 2 aromatic rings. The molecule has 1 aliphatic heterocycles. The Labute approximate surface area is 159 Å². The first-order valence-corrected chi connectivity index (χ1v) is 8.89. The topological polar surface area (TPSA) is 66.5 Å². The average molecular weight is 413 g/mol. The Morgan fingerprint density at radius 3 is 2.46 bits per heavy atom. The molecular formula is C20H17BrN2O3. The Hall–Kier alpha value is -2.73. The lowest BCUT2D eigenvalue weighted by molar-refractivity contribution is 0.0672. The lowest BCUT2D eigenvalue weighted by Crippen LogP contribution is -2.29. The number of rotatable bonds is 5. The van der Waals surface area contributed by atoms with Crippen molar-refractivity contribution in [1.82, 2.24) is 10.2 Å². The molecule has 1 aliphatic rings. The Morgan fingerprint density at radius 2 is 1.81 bits per heavy atom. The molecule has 0 aliphatic carbocycles. The van der Waals surface area contributed by atoms with Crippen molar-refractivity contribution in [2.75, 3.05) is 6.54 Å². The van der Waals surface area contributed by atoms with Crippen molar-refractivity contribution >= 4 is 33.7 Å². The van der Waals surface area contributed by atoms with Crippen LogP contribution in [0.5, 0.6) is 0 Å². The van der Waals surface area contributed by atoms with Gasteiger partial charge in [-0.15, -0.1) is 6.58 Å². The minimum absolute atomic E-state index is 0.147. The minimum atomic E-state index is -0.402. The summed E-state index contributed by atoms with van der Waals surface area (Å²) in [7, 11) is 0. The monoisotopic (exact) mass is 412 g/mol. The van der Waals surface area contributed by atoms with Gasteiger partial charge in [0, 0.05) is 16.6 Å². The van der Waals surface area contributed by atoms with Gasteiger partial charge in [0.15, 0.2) is 0 Å². The molecule has 0 unspecified atom stereocenters. The van der Waals surface area contributed by atoms with Gasteiger partial charge < -0.3 is 5.32 Å². The van der Waals surface area contributed by atoms with Gasteiger partial charge in [0.2, 0.25) is 0 Å². The van der Waals surface area contributed by atoms with Gasteiger partial charge in [0.1, 0.15) is 0 Å². The average Bonchev–Trinajstić information content (AvgIpc) is 2.87. The molecule has 1 heterocycles. The number of hydrogen-bond donors (Lipinski definition) is 1. The number of nitrogens with zero attached hydrogens (tertiary/aromatic N) is 1. The summed E-state index contributed by atoms with van der Waals surface area (Å²) in [6.45, 7) is 5.59. The van der Waals surface area contributed by atoms with Crippen molar-refractivity contribution in [3.63, 3.8) is 0 Å². The first-order chi connectivity index (χ1) is 12.4. The fourth-order valence-electron chi connectivity index (χ4n) is 2.84. The van der Waals surface area contributed by atoms with E-state index in [1.54, 1.807) is 6.07 Å². The molecule has 0 saturated heterocycles. The van der Waals surface area contributed by atoms with Crippen molar-refractivity contribution in [1.29, 1.82) is 0 Å². The van der Waals surface area contributed by atoms with Crippen LogP contribution in [0.3, 0.4) is 0 Å². The van der Waals surface area contributed by atoms with Crippen LogP contribution in [0, 0.1) is 0 Å². The quantitative estimate of drug-likeness (QED) is 0.600. The van der Waals surface area contributed by atoms with Gasteiger partial charge in [0.25, 0.3) is 17.7 Å². The Balaban J connectivity index is 1.80. The van der Waals surface area contributed by atoms with E-state index in [0.717, 1.165) is 14.9 Å². The van der Waals surface area contributed by atoms with E-state index in [0.29, 0.717) is 11.1 Å². The predicted octanol–water partition coefficient (Wildman–Crippen LogP) is 3.72. The summed E-state index contributed by atoms with van der Waals surface area (Å²) in [5.41, 5.74) is 1.87. The van der Waals surface area contributed by atoms with Crippen LogP contribution in [0.15, 0.2) is 59.6 Å². The number of benzene rings is 2. The van der Waals surface area contributed by atoms with E-state index in [4.69, 9.17) is 0 Å². The van der Waals surface area contributed by atoms with Gasteiger partial charge in [-0.25, -0.2) is 0 Å². The summed E-state index contributed by atoms with van der Waals surface area (Å²) < 4.78 is 0.964. The highest BCUT2D eigenvalue weighted by Crippen LogP contribution is 2.24. The zero-order valence-electron chi connectivity index (χ0n) is 14.2. The van der Waals surface area contributed by atoms with Gasteiger partial charge in [0.05, 0.1) is 17.2 Å². The fourth-order valence-corrected chi connectivity index (χ4v) is 3.11. The molecule has 6 heteroatoms. The number of fused-ring (bicyclic) bond motifs is 1. The molecule has 0 aromatic heterocycles. The first-order valence-electron chi connectivity index (χ1n) is 8.10. The molecule has 1 atom stereocenters. The number of hydrogen-bond acceptors (Lipinski definition) is 3. The third kappa shape index (κ3) is 3.32. The molecule has 26 heavy (non-hydrogen) atoms. The lowest BCUT2D eigenvalue weighted by Gasteiger charge is -2.14. The van der Waals surface area contributed by atoms with Gasteiger partial charge in [-0.3, -0.25) is 19.3 Å². The van der Waals surface area contributed by atoms with E-state index in [9.17, 15) is 14.4 Å². The number of halogens is 1. The van der Waals surface area contributed by atoms with Crippen LogP contribution in [-0.4, -0.2) is 29.2 Å². The van der Waals surface area contributed by atoms with Gasteiger partial charge in [-0.1, -0.05) is 34.1 Å². The van der Waals surface area contributed by atoms with Gasteiger partial charge in [-0.05, 0) is 42.8 Å². The maximum absolute atomic E-state index is 12.5. The zero-order chi connectivity index (χ0) is 18.8. The van der Waals surface area contributed by atoms with Crippen LogP contribution in [0.1, 0.15) is 49.6 Å². The summed E-state index contributed by atoms with van der Waals surface area (Å²) in [6, 6.07) is 12.0. The number of carbonyl (C=O) groups excluding carboxylic acids is 3. The van der Waals surface area contributed by atoms with Gasteiger partial charge in [-0.2, -0.15) is 0 Å². The molecule has 0 saturated carbocycles. The molecule has 5 nitrogen and oxygen atoms in total. The minimum Gasteiger partial charge on any atom is -0.346 e. The molecule has 1 N–H and O–H groups in total. The second kappa shape index (κ2) is 7.25. The second-order valence-corrected chi connectivity index (χ2v) is 6.93. The highest BCUT2D eigenvalue weighted by molar-refractivity contribution is 9.10. The molecule has 0 radical (unpaired) electrons. The van der Waals surface area contributed by atoms with Crippen LogP contribution in [0.25, 0.3) is 0 Å². The van der Waals surface area contributed by atoms with E-state index >= 15 is 0 Å². The van der Waals surface area contributed by atoms with Crippen molar-refractivity contribution in [3.8, 4) is 0 Å². The van der Waals surface area contributed by atoms with Crippen molar-refractivity contribution in [2.24, 2.45) is 0 Å². The largest absolute Gasteiger partial charge is 0.346 e. The van der Waals surface area contributed by atoms with Crippen molar-refractivity contribution in [2.45, 2.75) is 13.0 Å². The maximum atomic E-state index is 12.5. The third-order valence-electron chi connectivity index (χ3n) is 4.26. The summed E-state index contributed by atoms with van der Waals surface area (Å²) in [6.07, 6.45) is 1.50. The Morgan fingerprint density at radius 1 is 1.15 bits per heavy atom. The molecule has 3 amide bonds. The molecule has 0 spiro atoms. The molecular weight excluding hydrogens is 396 g/mol. The Bertz CT molecular complexity index is 906. The van der Waals surface area contributed by atoms with Crippen LogP contribution < -0.4 is 5.32 Å². The summed E-state index contributed by atoms with van der Waals surface area (Å²) in [4.78, 5) is 38.2. The van der Waals surface area contributed by atoms with Crippen LogP contribution in [-0.2, 0) is 0 Å². The van der Waals surface area contributed by atoms with E-state index in [1.165, 1.54) is 18.2 Å². The maximum Gasteiger partial charge on any atom is 0.261 e. The van der Waals surface area contributed by atoms with Gasteiger partial charge >= 0.3 is 0 Å². The third-order valence-corrected chi connectivity index (χ3v) is 4.79. The number of imide groups is 1. The first kappa shape index (κ1) is 18.1. The van der Waals surface area contributed by atoms with E-state index in [2.05, 4.69) is 27.8 Å². The summed E-state index contributed by atoms with van der Waals surface area (Å²) in [5, 5.41) is 2.91. The Kier molecular flexibility index (Phi) is 5.04. The summed E-state index contributed by atoms with van der Waals surface area (Å²) in [5.74, 6) is -1.06. The molecule has 0 bridgehead atoms. The number of nitrogens with one attached hydrogen (secondary N) is 1. The number of carbonyl (C=O) groups is 3. The second-order valence-electron chi connectivity index (χ2n) is 6.02. The molecule has 2 aromatic carbocycles. The van der Waals surface area contributed by atoms with E-state index < -0.39 is 5.91 Å². The smallest absolute Gasteiger partial charge is 0.261 e. The van der Waals surface area contributed by atoms with Crippen molar-refractivity contribution in [3.05, 3.63) is 81.8 Å². The van der Waals surface area contributed by atoms with E-state index in [-0.39, 0.29) is 30.0 Å². The van der Waals surface area contributed by atoms with E-state index in [1.807, 2.05) is 31.2 Å². The normalized spacial score (nSPS) is 14.2. The van der Waals surface area contributed by atoms with Crippen LogP contribution in [0.4, 0.5) is 0 Å². The summed E-state index contributed by atoms with van der Waals surface area (Å²) >= 11 is 3.38. The highest BCUT2D eigenvalue weighted by atomic mass is 79.9. The SMILES string of the molecule is C=CCN1C(=O)c2ccc(C(=O)N[C@H](C)c3ccc(Br)cc3)cc2C1=O. The zero-order valence-corrected chi connectivity index (χ0v) is 15.7. The lowest BCUT2D eigenvalue weighted by atomic mass is 10.0. The molecule has 0 fully saturated rings. The highest BCUT2D eigenvalue weighted by Gasteiger charge is 2.35.